The minimum Gasteiger partial charge on any atom is -0.481 e. The normalized spacial score (nSPS) is 11.5. The van der Waals surface area contributed by atoms with Gasteiger partial charge >= 0.3 is 5.97 Å². The maximum absolute atomic E-state index is 10.4. The molecule has 1 aromatic carbocycles. The largest absolute Gasteiger partial charge is 0.481 e. The zero-order chi connectivity index (χ0) is 12.9. The van der Waals surface area contributed by atoms with Crippen LogP contribution in [0.2, 0.25) is 19.6 Å². The SMILES string of the molecule is C[Si](C)(C)Cc1ccc(CCCC(=O)O)cc1. The van der Waals surface area contributed by atoms with Gasteiger partial charge in [-0.15, -0.1) is 0 Å². The van der Waals surface area contributed by atoms with Gasteiger partial charge in [-0.05, 0) is 24.4 Å². The van der Waals surface area contributed by atoms with Crippen LogP contribution in [0.3, 0.4) is 0 Å². The van der Waals surface area contributed by atoms with Crippen molar-refractivity contribution in [1.82, 2.24) is 0 Å². The Morgan fingerprint density at radius 1 is 1.12 bits per heavy atom. The van der Waals surface area contributed by atoms with Crippen molar-refractivity contribution >= 4 is 14.0 Å². The number of carboxylic acids is 1. The van der Waals surface area contributed by atoms with Crippen LogP contribution in [0.1, 0.15) is 24.0 Å². The van der Waals surface area contributed by atoms with E-state index in [-0.39, 0.29) is 6.42 Å². The summed E-state index contributed by atoms with van der Waals surface area (Å²) in [5, 5.41) is 8.57. The maximum Gasteiger partial charge on any atom is 0.303 e. The molecular formula is C14H22O2Si. The van der Waals surface area contributed by atoms with E-state index in [0.717, 1.165) is 12.8 Å². The summed E-state index contributed by atoms with van der Waals surface area (Å²) in [6.07, 6.45) is 1.85. The smallest absolute Gasteiger partial charge is 0.303 e. The maximum atomic E-state index is 10.4. The summed E-state index contributed by atoms with van der Waals surface area (Å²) in [5.41, 5.74) is 2.65. The van der Waals surface area contributed by atoms with Crippen LogP contribution < -0.4 is 0 Å². The van der Waals surface area contributed by atoms with E-state index in [1.165, 1.54) is 17.2 Å². The van der Waals surface area contributed by atoms with Gasteiger partial charge in [-0.2, -0.15) is 0 Å². The quantitative estimate of drug-likeness (QED) is 0.784. The van der Waals surface area contributed by atoms with Crippen molar-refractivity contribution in [3.8, 4) is 0 Å². The van der Waals surface area contributed by atoms with Crippen molar-refractivity contribution in [2.24, 2.45) is 0 Å². The second-order valence-electron chi connectivity index (χ2n) is 5.80. The van der Waals surface area contributed by atoms with Gasteiger partial charge in [-0.1, -0.05) is 49.5 Å². The summed E-state index contributed by atoms with van der Waals surface area (Å²) >= 11 is 0. The number of carboxylic acid groups (broad SMARTS) is 1. The lowest BCUT2D eigenvalue weighted by Gasteiger charge is -2.15. The molecule has 0 saturated heterocycles. The lowest BCUT2D eigenvalue weighted by Crippen LogP contribution is -2.23. The lowest BCUT2D eigenvalue weighted by atomic mass is 10.1. The Morgan fingerprint density at radius 3 is 2.12 bits per heavy atom. The van der Waals surface area contributed by atoms with Gasteiger partial charge in [-0.3, -0.25) is 4.79 Å². The van der Waals surface area contributed by atoms with Crippen LogP contribution >= 0.6 is 0 Å². The summed E-state index contributed by atoms with van der Waals surface area (Å²) in [4.78, 5) is 10.4. The monoisotopic (exact) mass is 250 g/mol. The van der Waals surface area contributed by atoms with Crippen LogP contribution in [0, 0.1) is 0 Å². The van der Waals surface area contributed by atoms with E-state index < -0.39 is 14.0 Å². The summed E-state index contributed by atoms with van der Waals surface area (Å²) < 4.78 is 0. The van der Waals surface area contributed by atoms with Gasteiger partial charge in [0.1, 0.15) is 0 Å². The first-order valence-electron chi connectivity index (χ1n) is 6.16. The average Bonchev–Trinajstić information content (AvgIpc) is 2.18. The second kappa shape index (κ2) is 6.01. The van der Waals surface area contributed by atoms with Crippen molar-refractivity contribution in [3.05, 3.63) is 35.4 Å². The zero-order valence-electron chi connectivity index (χ0n) is 11.0. The zero-order valence-corrected chi connectivity index (χ0v) is 12.0. The molecule has 1 aromatic rings. The summed E-state index contributed by atoms with van der Waals surface area (Å²) in [6.45, 7) is 7.11. The third-order valence-electron chi connectivity index (χ3n) is 2.61. The van der Waals surface area contributed by atoms with Crippen molar-refractivity contribution in [2.75, 3.05) is 0 Å². The van der Waals surface area contributed by atoms with Crippen molar-refractivity contribution < 1.29 is 9.90 Å². The Kier molecular flexibility index (Phi) is 4.94. The first-order chi connectivity index (χ1) is 7.87. The van der Waals surface area contributed by atoms with E-state index in [2.05, 4.69) is 43.9 Å². The number of benzene rings is 1. The molecule has 3 heteroatoms. The average molecular weight is 250 g/mol. The van der Waals surface area contributed by atoms with Gasteiger partial charge in [0.05, 0.1) is 0 Å². The fourth-order valence-corrected chi connectivity index (χ4v) is 3.34. The predicted octanol–water partition coefficient (Wildman–Crippen LogP) is 3.51. The molecule has 1 rings (SSSR count). The van der Waals surface area contributed by atoms with E-state index in [1.54, 1.807) is 0 Å². The van der Waals surface area contributed by atoms with E-state index in [1.807, 2.05) is 0 Å². The topological polar surface area (TPSA) is 37.3 Å². The molecule has 0 aromatic heterocycles. The van der Waals surface area contributed by atoms with Crippen LogP contribution in [0.5, 0.6) is 0 Å². The molecule has 0 heterocycles. The third kappa shape index (κ3) is 6.27. The Balaban J connectivity index is 2.47. The van der Waals surface area contributed by atoms with Crippen LogP contribution in [0.25, 0.3) is 0 Å². The first kappa shape index (κ1) is 14.0. The standard InChI is InChI=1S/C14H22O2Si/c1-17(2,3)11-13-9-7-12(8-10-13)5-4-6-14(15)16/h7-10H,4-6,11H2,1-3H3,(H,15,16). The van der Waals surface area contributed by atoms with E-state index in [4.69, 9.17) is 5.11 Å². The molecule has 0 aliphatic rings. The summed E-state index contributed by atoms with van der Waals surface area (Å²) in [7, 11) is -1.03. The minimum atomic E-state index is -1.03. The molecule has 0 amide bonds. The van der Waals surface area contributed by atoms with Crippen LogP contribution in [-0.4, -0.2) is 19.1 Å². The van der Waals surface area contributed by atoms with Crippen LogP contribution in [-0.2, 0) is 17.3 Å². The Hall–Kier alpha value is -1.09. The molecule has 17 heavy (non-hydrogen) atoms. The molecular weight excluding hydrogens is 228 g/mol. The fourth-order valence-electron chi connectivity index (χ4n) is 1.88. The minimum absolute atomic E-state index is 0.261. The molecule has 94 valence electrons. The highest BCUT2D eigenvalue weighted by Crippen LogP contribution is 2.13. The molecule has 0 aliphatic heterocycles. The number of hydrogen-bond acceptors (Lipinski definition) is 1. The Labute approximate surface area is 105 Å². The number of aliphatic carboxylic acids is 1. The fraction of sp³-hybridized carbons (Fsp3) is 0.500. The van der Waals surface area contributed by atoms with E-state index in [0.29, 0.717) is 0 Å². The third-order valence-corrected chi connectivity index (χ3v) is 4.08. The predicted molar refractivity (Wildman–Crippen MR) is 74.1 cm³/mol. The van der Waals surface area contributed by atoms with Gasteiger partial charge < -0.3 is 5.11 Å². The molecule has 0 atom stereocenters. The van der Waals surface area contributed by atoms with Gasteiger partial charge in [-0.25, -0.2) is 0 Å². The van der Waals surface area contributed by atoms with Gasteiger partial charge in [0.2, 0.25) is 0 Å². The highest BCUT2D eigenvalue weighted by molar-refractivity contribution is 6.75. The molecule has 1 N–H and O–H groups in total. The second-order valence-corrected chi connectivity index (χ2v) is 11.3. The summed E-state index contributed by atoms with van der Waals surface area (Å²) in [5.74, 6) is -0.708. The molecule has 0 spiro atoms. The molecule has 0 radical (unpaired) electrons. The highest BCUT2D eigenvalue weighted by atomic mass is 28.3. The van der Waals surface area contributed by atoms with E-state index >= 15 is 0 Å². The molecule has 0 saturated carbocycles. The lowest BCUT2D eigenvalue weighted by molar-refractivity contribution is -0.137. The first-order valence-corrected chi connectivity index (χ1v) is 9.87. The van der Waals surface area contributed by atoms with Crippen LogP contribution in [0.15, 0.2) is 24.3 Å². The molecule has 0 fully saturated rings. The highest BCUT2D eigenvalue weighted by Gasteiger charge is 2.13. The van der Waals surface area contributed by atoms with Crippen molar-refractivity contribution in [3.63, 3.8) is 0 Å². The number of hydrogen-bond donors (Lipinski definition) is 1. The molecule has 0 bridgehead atoms. The Morgan fingerprint density at radius 2 is 1.65 bits per heavy atom. The molecule has 2 nitrogen and oxygen atoms in total. The number of carbonyl (C=O) groups is 1. The molecule has 0 unspecified atom stereocenters. The van der Waals surface area contributed by atoms with Crippen LogP contribution in [0.4, 0.5) is 0 Å². The molecule has 0 aliphatic carbocycles. The van der Waals surface area contributed by atoms with Gasteiger partial charge in [0.15, 0.2) is 0 Å². The van der Waals surface area contributed by atoms with Crippen molar-refractivity contribution in [1.29, 1.82) is 0 Å². The van der Waals surface area contributed by atoms with Gasteiger partial charge in [0, 0.05) is 14.5 Å². The van der Waals surface area contributed by atoms with Crippen molar-refractivity contribution in [2.45, 2.75) is 44.9 Å². The number of aryl methyl sites for hydroxylation is 1. The van der Waals surface area contributed by atoms with E-state index in [9.17, 15) is 4.79 Å². The van der Waals surface area contributed by atoms with Gasteiger partial charge in [0.25, 0.3) is 0 Å². The summed E-state index contributed by atoms with van der Waals surface area (Å²) in [6, 6.07) is 9.86. The Bertz CT molecular complexity index is 363. The number of rotatable bonds is 6.